The predicted octanol–water partition coefficient (Wildman–Crippen LogP) is 2.06. The second kappa shape index (κ2) is 6.79. The van der Waals surface area contributed by atoms with Gasteiger partial charge in [-0.3, -0.25) is 9.69 Å². The number of hydrogen-bond acceptors (Lipinski definition) is 5. The molecule has 1 unspecified atom stereocenters. The summed E-state index contributed by atoms with van der Waals surface area (Å²) < 4.78 is 0. The molecule has 23 heavy (non-hydrogen) atoms. The smallest absolute Gasteiger partial charge is 0.179 e. The number of carbonyl (C=O) groups is 1. The predicted molar refractivity (Wildman–Crippen MR) is 92.7 cm³/mol. The van der Waals surface area contributed by atoms with Crippen LogP contribution in [-0.4, -0.2) is 47.9 Å². The Hall–Kier alpha value is -2.40. The first-order chi connectivity index (χ1) is 11.1. The molecule has 2 aromatic rings. The normalized spacial score (nSPS) is 17.0. The fourth-order valence-electron chi connectivity index (χ4n) is 2.93. The maximum atomic E-state index is 12.6. The lowest BCUT2D eigenvalue weighted by molar-refractivity contribution is 0.0829. The van der Waals surface area contributed by atoms with Crippen LogP contribution in [0.2, 0.25) is 0 Å². The van der Waals surface area contributed by atoms with E-state index in [4.69, 9.17) is 5.73 Å². The van der Waals surface area contributed by atoms with Crippen molar-refractivity contribution in [3.8, 4) is 0 Å². The summed E-state index contributed by atoms with van der Waals surface area (Å²) in [7, 11) is 0. The minimum Gasteiger partial charge on any atom is -0.399 e. The van der Waals surface area contributed by atoms with Crippen molar-refractivity contribution in [2.24, 2.45) is 0 Å². The van der Waals surface area contributed by atoms with Gasteiger partial charge in [0.1, 0.15) is 5.82 Å². The van der Waals surface area contributed by atoms with E-state index in [1.165, 1.54) is 0 Å². The van der Waals surface area contributed by atoms with Crippen LogP contribution in [-0.2, 0) is 0 Å². The Morgan fingerprint density at radius 3 is 2.39 bits per heavy atom. The van der Waals surface area contributed by atoms with E-state index >= 15 is 0 Å². The third-order valence-electron chi connectivity index (χ3n) is 4.41. The highest BCUT2D eigenvalue weighted by Crippen LogP contribution is 2.16. The lowest BCUT2D eigenvalue weighted by atomic mass is 10.0. The van der Waals surface area contributed by atoms with Gasteiger partial charge < -0.3 is 10.6 Å². The highest BCUT2D eigenvalue weighted by atomic mass is 16.1. The molecular weight excluding hydrogens is 288 g/mol. The molecule has 1 aromatic heterocycles. The van der Waals surface area contributed by atoms with Gasteiger partial charge in [-0.25, -0.2) is 4.98 Å². The van der Waals surface area contributed by atoms with Crippen LogP contribution >= 0.6 is 0 Å². The molecule has 0 bridgehead atoms. The molecule has 2 heterocycles. The summed E-state index contributed by atoms with van der Waals surface area (Å²) in [5.74, 6) is 1.15. The Kier molecular flexibility index (Phi) is 4.57. The standard InChI is InChI=1S/C18H22N4O/c1-14(18(23)15-5-7-16(19)8-6-15)21-10-12-22(13-11-21)17-4-2-3-9-20-17/h2-9,14H,10-13,19H2,1H3. The van der Waals surface area contributed by atoms with Crippen molar-refractivity contribution in [2.45, 2.75) is 13.0 Å². The van der Waals surface area contributed by atoms with Gasteiger partial charge in [0.15, 0.2) is 5.78 Å². The Morgan fingerprint density at radius 1 is 1.09 bits per heavy atom. The molecule has 3 rings (SSSR count). The number of benzene rings is 1. The minimum absolute atomic E-state index is 0.121. The first-order valence-electron chi connectivity index (χ1n) is 7.95. The summed E-state index contributed by atoms with van der Waals surface area (Å²) in [5.41, 5.74) is 7.08. The topological polar surface area (TPSA) is 62.5 Å². The molecule has 2 N–H and O–H groups in total. The molecule has 1 atom stereocenters. The number of nitrogens with two attached hydrogens (primary N) is 1. The molecule has 0 amide bonds. The molecule has 5 heteroatoms. The van der Waals surface area contributed by atoms with E-state index in [1.807, 2.05) is 31.3 Å². The molecule has 0 radical (unpaired) electrons. The van der Waals surface area contributed by atoms with Crippen LogP contribution in [0.5, 0.6) is 0 Å². The van der Waals surface area contributed by atoms with Crippen LogP contribution in [0, 0.1) is 0 Å². The first kappa shape index (κ1) is 15.5. The van der Waals surface area contributed by atoms with Crippen LogP contribution in [0.25, 0.3) is 0 Å². The molecule has 5 nitrogen and oxygen atoms in total. The largest absolute Gasteiger partial charge is 0.399 e. The summed E-state index contributed by atoms with van der Waals surface area (Å²) in [4.78, 5) is 21.5. The third-order valence-corrected chi connectivity index (χ3v) is 4.41. The van der Waals surface area contributed by atoms with E-state index in [0.717, 1.165) is 37.6 Å². The maximum Gasteiger partial charge on any atom is 0.179 e. The summed E-state index contributed by atoms with van der Waals surface area (Å²) in [5, 5.41) is 0. The van der Waals surface area contributed by atoms with Crippen LogP contribution < -0.4 is 10.6 Å². The average Bonchev–Trinajstić information content (AvgIpc) is 2.62. The van der Waals surface area contributed by atoms with Crippen LogP contribution in [0.3, 0.4) is 0 Å². The Morgan fingerprint density at radius 2 is 1.78 bits per heavy atom. The number of ketones is 1. The maximum absolute atomic E-state index is 12.6. The summed E-state index contributed by atoms with van der Waals surface area (Å²) in [6.07, 6.45) is 1.81. The Bertz CT molecular complexity index is 648. The lowest BCUT2D eigenvalue weighted by Crippen LogP contribution is -2.52. The van der Waals surface area contributed by atoms with Gasteiger partial charge in [-0.15, -0.1) is 0 Å². The van der Waals surface area contributed by atoms with Crippen molar-refractivity contribution in [2.75, 3.05) is 36.8 Å². The van der Waals surface area contributed by atoms with Gasteiger partial charge in [-0.1, -0.05) is 6.07 Å². The summed E-state index contributed by atoms with van der Waals surface area (Å²) in [6, 6.07) is 13.0. The Labute approximate surface area is 136 Å². The van der Waals surface area contributed by atoms with Crippen molar-refractivity contribution in [3.63, 3.8) is 0 Å². The van der Waals surface area contributed by atoms with Crippen LogP contribution in [0.4, 0.5) is 11.5 Å². The van der Waals surface area contributed by atoms with E-state index < -0.39 is 0 Å². The van der Waals surface area contributed by atoms with Crippen molar-refractivity contribution in [1.29, 1.82) is 0 Å². The lowest BCUT2D eigenvalue weighted by Gasteiger charge is -2.38. The van der Waals surface area contributed by atoms with E-state index in [1.54, 1.807) is 24.3 Å². The summed E-state index contributed by atoms with van der Waals surface area (Å²) in [6.45, 7) is 5.47. The Balaban J connectivity index is 1.60. The first-order valence-corrected chi connectivity index (χ1v) is 7.95. The number of Topliss-reactive ketones (excluding diaryl/α,β-unsaturated/α-hetero) is 1. The molecule has 0 aliphatic carbocycles. The van der Waals surface area contributed by atoms with Crippen molar-refractivity contribution >= 4 is 17.3 Å². The molecule has 120 valence electrons. The van der Waals surface area contributed by atoms with Gasteiger partial charge in [0.25, 0.3) is 0 Å². The van der Waals surface area contributed by atoms with E-state index in [2.05, 4.69) is 14.8 Å². The van der Waals surface area contributed by atoms with Crippen LogP contribution in [0.15, 0.2) is 48.7 Å². The number of nitrogen functional groups attached to an aromatic ring is 1. The molecule has 0 saturated carbocycles. The van der Waals surface area contributed by atoms with Gasteiger partial charge >= 0.3 is 0 Å². The zero-order valence-electron chi connectivity index (χ0n) is 13.4. The zero-order chi connectivity index (χ0) is 16.2. The highest BCUT2D eigenvalue weighted by molar-refractivity contribution is 6.00. The number of aromatic nitrogens is 1. The number of pyridine rings is 1. The summed E-state index contributed by atoms with van der Waals surface area (Å²) >= 11 is 0. The fraction of sp³-hybridized carbons (Fsp3) is 0.333. The number of anilines is 2. The molecule has 1 aliphatic heterocycles. The average molecular weight is 310 g/mol. The fourth-order valence-corrected chi connectivity index (χ4v) is 2.93. The van der Waals surface area contributed by atoms with Gasteiger partial charge in [-0.2, -0.15) is 0 Å². The number of nitrogens with zero attached hydrogens (tertiary/aromatic N) is 3. The van der Waals surface area contributed by atoms with E-state index in [9.17, 15) is 4.79 Å². The van der Waals surface area contributed by atoms with Crippen molar-refractivity contribution in [1.82, 2.24) is 9.88 Å². The number of piperazine rings is 1. The zero-order valence-corrected chi connectivity index (χ0v) is 13.4. The number of carbonyl (C=O) groups excluding carboxylic acids is 1. The molecule has 1 saturated heterocycles. The molecule has 1 aliphatic rings. The minimum atomic E-state index is -0.121. The van der Waals surface area contributed by atoms with E-state index in [-0.39, 0.29) is 11.8 Å². The monoisotopic (exact) mass is 310 g/mol. The van der Waals surface area contributed by atoms with Gasteiger partial charge in [0, 0.05) is 43.6 Å². The SMILES string of the molecule is CC(C(=O)c1ccc(N)cc1)N1CCN(c2ccccn2)CC1. The molecule has 1 aromatic carbocycles. The van der Waals surface area contributed by atoms with Crippen molar-refractivity contribution in [3.05, 3.63) is 54.2 Å². The number of hydrogen-bond donors (Lipinski definition) is 1. The number of rotatable bonds is 4. The highest BCUT2D eigenvalue weighted by Gasteiger charge is 2.26. The van der Waals surface area contributed by atoms with Crippen LogP contribution in [0.1, 0.15) is 17.3 Å². The van der Waals surface area contributed by atoms with Gasteiger partial charge in [-0.05, 0) is 43.3 Å². The third kappa shape index (κ3) is 3.51. The molecule has 0 spiro atoms. The van der Waals surface area contributed by atoms with Crippen molar-refractivity contribution < 1.29 is 4.79 Å². The quantitative estimate of drug-likeness (QED) is 0.692. The van der Waals surface area contributed by atoms with Gasteiger partial charge in [0.2, 0.25) is 0 Å². The molecular formula is C18H22N4O. The van der Waals surface area contributed by atoms with Gasteiger partial charge in [0.05, 0.1) is 6.04 Å². The van der Waals surface area contributed by atoms with E-state index in [0.29, 0.717) is 5.69 Å². The second-order valence-electron chi connectivity index (χ2n) is 5.87. The molecule has 1 fully saturated rings. The second-order valence-corrected chi connectivity index (χ2v) is 5.87.